The van der Waals surface area contributed by atoms with E-state index in [2.05, 4.69) is 22.5 Å². The summed E-state index contributed by atoms with van der Waals surface area (Å²) in [6.45, 7) is 3.83. The average Bonchev–Trinajstić information content (AvgIpc) is 3.03. The van der Waals surface area contributed by atoms with E-state index in [0.29, 0.717) is 16.4 Å². The van der Waals surface area contributed by atoms with Gasteiger partial charge in [0.05, 0.1) is 16.8 Å². The zero-order chi connectivity index (χ0) is 16.4. The molecule has 1 aliphatic rings. The molecule has 1 fully saturated rings. The second-order valence-electron chi connectivity index (χ2n) is 5.10. The molecule has 3 amide bonds. The van der Waals surface area contributed by atoms with Gasteiger partial charge in [-0.2, -0.15) is 11.3 Å². The maximum atomic E-state index is 12.7. The lowest BCUT2D eigenvalue weighted by Gasteiger charge is -2.33. The van der Waals surface area contributed by atoms with E-state index in [1.807, 2.05) is 16.8 Å². The Morgan fingerprint density at radius 3 is 2.78 bits per heavy atom. The van der Waals surface area contributed by atoms with Crippen LogP contribution in [0, 0.1) is 5.92 Å². The fraction of sp³-hybridized carbons (Fsp3) is 0.125. The molecule has 7 heteroatoms. The molecule has 1 aliphatic heterocycles. The highest BCUT2D eigenvalue weighted by atomic mass is 35.5. The van der Waals surface area contributed by atoms with Crippen LogP contribution in [0.2, 0.25) is 5.02 Å². The molecule has 0 saturated carbocycles. The van der Waals surface area contributed by atoms with Crippen molar-refractivity contribution in [2.45, 2.75) is 6.04 Å². The Hall–Kier alpha value is -2.31. The topological polar surface area (TPSA) is 70.2 Å². The third-order valence-corrected chi connectivity index (χ3v) is 4.62. The van der Waals surface area contributed by atoms with E-state index in [0.717, 1.165) is 5.56 Å². The minimum absolute atomic E-state index is 0.285. The largest absolute Gasteiger partial charge is 0.330 e. The van der Waals surface area contributed by atoms with Gasteiger partial charge in [0.2, 0.25) is 5.91 Å². The summed E-state index contributed by atoms with van der Waals surface area (Å²) in [6, 6.07) is 8.03. The minimum Gasteiger partial charge on any atom is -0.330 e. The van der Waals surface area contributed by atoms with Crippen molar-refractivity contribution in [3.05, 3.63) is 64.0 Å². The van der Waals surface area contributed by atoms with Crippen LogP contribution in [0.1, 0.15) is 11.6 Å². The Labute approximate surface area is 142 Å². The van der Waals surface area contributed by atoms with Crippen molar-refractivity contribution in [1.29, 1.82) is 0 Å². The number of thiophene rings is 1. The van der Waals surface area contributed by atoms with Gasteiger partial charge in [-0.05, 0) is 34.5 Å². The van der Waals surface area contributed by atoms with E-state index in [1.165, 1.54) is 11.3 Å². The Bertz CT molecular complexity index is 760. The SMILES string of the molecule is C=C1NC(=O)N[C@@H](c2ccsc2)[C@@H]1C(=O)Nc1ccccc1Cl. The Morgan fingerprint density at radius 2 is 2.09 bits per heavy atom. The summed E-state index contributed by atoms with van der Waals surface area (Å²) in [4.78, 5) is 24.5. The van der Waals surface area contributed by atoms with Crippen LogP contribution in [0.4, 0.5) is 10.5 Å². The molecular weight excluding hydrogens is 334 g/mol. The van der Waals surface area contributed by atoms with Gasteiger partial charge in [0, 0.05) is 5.70 Å². The van der Waals surface area contributed by atoms with Crippen LogP contribution in [-0.4, -0.2) is 11.9 Å². The lowest BCUT2D eigenvalue weighted by molar-refractivity contribution is -0.119. The predicted molar refractivity (Wildman–Crippen MR) is 91.4 cm³/mol. The fourth-order valence-corrected chi connectivity index (χ4v) is 3.38. The smallest absolute Gasteiger partial charge is 0.319 e. The van der Waals surface area contributed by atoms with Gasteiger partial charge in [-0.1, -0.05) is 30.3 Å². The van der Waals surface area contributed by atoms with Crippen LogP contribution in [-0.2, 0) is 4.79 Å². The fourth-order valence-electron chi connectivity index (χ4n) is 2.50. The van der Waals surface area contributed by atoms with Gasteiger partial charge in [-0.15, -0.1) is 0 Å². The van der Waals surface area contributed by atoms with Crippen LogP contribution < -0.4 is 16.0 Å². The van der Waals surface area contributed by atoms with Gasteiger partial charge in [-0.3, -0.25) is 4.79 Å². The first-order chi connectivity index (χ1) is 11.1. The molecule has 0 spiro atoms. The van der Waals surface area contributed by atoms with Crippen molar-refractivity contribution in [1.82, 2.24) is 10.6 Å². The van der Waals surface area contributed by atoms with Gasteiger partial charge in [0.25, 0.3) is 0 Å². The number of anilines is 1. The van der Waals surface area contributed by atoms with Crippen LogP contribution in [0.3, 0.4) is 0 Å². The molecule has 23 heavy (non-hydrogen) atoms. The summed E-state index contributed by atoms with van der Waals surface area (Å²) in [5.41, 5.74) is 1.74. The number of para-hydroxylation sites is 1. The second-order valence-corrected chi connectivity index (χ2v) is 6.29. The first-order valence-electron chi connectivity index (χ1n) is 6.90. The second kappa shape index (κ2) is 6.44. The number of carbonyl (C=O) groups is 2. The van der Waals surface area contributed by atoms with Crippen molar-refractivity contribution in [3.8, 4) is 0 Å². The van der Waals surface area contributed by atoms with Gasteiger partial charge in [-0.25, -0.2) is 4.79 Å². The molecule has 1 aromatic heterocycles. The lowest BCUT2D eigenvalue weighted by Crippen LogP contribution is -2.51. The molecule has 0 unspecified atom stereocenters. The molecule has 2 heterocycles. The number of carbonyl (C=O) groups excluding carboxylic acids is 2. The van der Waals surface area contributed by atoms with Crippen molar-refractivity contribution in [2.75, 3.05) is 5.32 Å². The van der Waals surface area contributed by atoms with Crippen LogP contribution in [0.5, 0.6) is 0 Å². The molecule has 2 atom stereocenters. The average molecular weight is 348 g/mol. The maximum Gasteiger partial charge on any atom is 0.319 e. The molecule has 1 saturated heterocycles. The summed E-state index contributed by atoms with van der Waals surface area (Å²) in [7, 11) is 0. The number of amides is 3. The third kappa shape index (κ3) is 3.23. The van der Waals surface area contributed by atoms with E-state index in [4.69, 9.17) is 11.6 Å². The molecule has 118 valence electrons. The summed E-state index contributed by atoms with van der Waals surface area (Å²) in [6.07, 6.45) is 0. The molecule has 5 nitrogen and oxygen atoms in total. The van der Waals surface area contributed by atoms with Crippen molar-refractivity contribution in [3.63, 3.8) is 0 Å². The molecule has 2 aromatic rings. The number of halogens is 1. The highest BCUT2D eigenvalue weighted by Crippen LogP contribution is 2.32. The number of urea groups is 1. The van der Waals surface area contributed by atoms with Crippen LogP contribution in [0.15, 0.2) is 53.4 Å². The minimum atomic E-state index is -0.640. The Balaban J connectivity index is 1.88. The van der Waals surface area contributed by atoms with Crippen molar-refractivity contribution >= 4 is 40.6 Å². The first-order valence-corrected chi connectivity index (χ1v) is 8.22. The normalized spacial score (nSPS) is 20.6. The highest BCUT2D eigenvalue weighted by Gasteiger charge is 2.38. The highest BCUT2D eigenvalue weighted by molar-refractivity contribution is 7.08. The van der Waals surface area contributed by atoms with Crippen LogP contribution >= 0.6 is 22.9 Å². The quantitative estimate of drug-likeness (QED) is 0.795. The van der Waals surface area contributed by atoms with Gasteiger partial charge >= 0.3 is 6.03 Å². The number of rotatable bonds is 3. The van der Waals surface area contributed by atoms with E-state index in [-0.39, 0.29) is 11.9 Å². The molecule has 3 rings (SSSR count). The number of hydrogen-bond donors (Lipinski definition) is 3. The third-order valence-electron chi connectivity index (χ3n) is 3.59. The molecule has 1 aromatic carbocycles. The molecule has 3 N–H and O–H groups in total. The van der Waals surface area contributed by atoms with E-state index in [9.17, 15) is 9.59 Å². The molecular formula is C16H14ClN3O2S. The maximum absolute atomic E-state index is 12.7. The zero-order valence-corrected chi connectivity index (χ0v) is 13.6. The lowest BCUT2D eigenvalue weighted by atomic mass is 9.89. The monoisotopic (exact) mass is 347 g/mol. The van der Waals surface area contributed by atoms with Gasteiger partial charge in [0.1, 0.15) is 5.92 Å². The number of nitrogens with one attached hydrogen (secondary N) is 3. The van der Waals surface area contributed by atoms with E-state index >= 15 is 0 Å². The Morgan fingerprint density at radius 1 is 1.30 bits per heavy atom. The summed E-state index contributed by atoms with van der Waals surface area (Å²) < 4.78 is 0. The first kappa shape index (κ1) is 15.6. The zero-order valence-electron chi connectivity index (χ0n) is 12.0. The van der Waals surface area contributed by atoms with E-state index in [1.54, 1.807) is 24.3 Å². The summed E-state index contributed by atoms with van der Waals surface area (Å²) >= 11 is 7.58. The standard InChI is InChI=1S/C16H14ClN3O2S/c1-9-13(15(21)19-12-5-3-2-4-11(12)17)14(20-16(22)18-9)10-6-7-23-8-10/h2-8,13-14H,1H2,(H,19,21)(H2,18,20,22)/t13-,14+/m1/s1. The summed E-state index contributed by atoms with van der Waals surface area (Å²) in [5, 5.41) is 12.4. The Kier molecular flexibility index (Phi) is 4.36. The van der Waals surface area contributed by atoms with Gasteiger partial charge < -0.3 is 16.0 Å². The van der Waals surface area contributed by atoms with Crippen molar-refractivity contribution in [2.24, 2.45) is 5.92 Å². The molecule has 0 radical (unpaired) electrons. The number of hydrogen-bond acceptors (Lipinski definition) is 3. The van der Waals surface area contributed by atoms with Gasteiger partial charge in [0.15, 0.2) is 0 Å². The van der Waals surface area contributed by atoms with Crippen molar-refractivity contribution < 1.29 is 9.59 Å². The molecule has 0 aliphatic carbocycles. The predicted octanol–water partition coefficient (Wildman–Crippen LogP) is 3.52. The molecule has 0 bridgehead atoms. The van der Waals surface area contributed by atoms with E-state index < -0.39 is 12.0 Å². The van der Waals surface area contributed by atoms with Crippen LogP contribution in [0.25, 0.3) is 0 Å². The number of benzene rings is 1. The summed E-state index contributed by atoms with van der Waals surface area (Å²) in [5.74, 6) is -0.926.